The second-order valence-corrected chi connectivity index (χ2v) is 7.40. The van der Waals surface area contributed by atoms with Crippen molar-refractivity contribution in [1.82, 2.24) is 19.8 Å². The van der Waals surface area contributed by atoms with Gasteiger partial charge >= 0.3 is 0 Å². The van der Waals surface area contributed by atoms with Crippen LogP contribution in [0.1, 0.15) is 20.2 Å². The fourth-order valence-electron chi connectivity index (χ4n) is 3.10. The van der Waals surface area contributed by atoms with Crippen molar-refractivity contribution in [3.63, 3.8) is 0 Å². The Balaban J connectivity index is 1.41. The topological polar surface area (TPSA) is 66.4 Å². The number of piperazine rings is 1. The molecule has 1 aliphatic heterocycles. The van der Waals surface area contributed by atoms with E-state index in [1.807, 2.05) is 0 Å². The number of nitrogens with zero attached hydrogens (tertiary/aromatic N) is 4. The Bertz CT molecular complexity index is 1000. The number of carbonyl (C=O) groups is 2. The first-order chi connectivity index (χ1) is 13.6. The van der Waals surface area contributed by atoms with Gasteiger partial charge in [0.15, 0.2) is 0 Å². The minimum Gasteiger partial charge on any atom is -0.334 e. The van der Waals surface area contributed by atoms with Crippen LogP contribution in [-0.2, 0) is 0 Å². The molecule has 0 N–H and O–H groups in total. The Kier molecular flexibility index (Phi) is 5.12. The van der Waals surface area contributed by atoms with E-state index in [1.54, 1.807) is 40.1 Å². The minimum absolute atomic E-state index is 0.0980. The van der Waals surface area contributed by atoms with Crippen LogP contribution in [0, 0.1) is 5.82 Å². The first-order valence-electron chi connectivity index (χ1n) is 8.83. The SMILES string of the molecule is O=C(c1cnccn1)N1CCN(C(=O)c2ccc(-c3ccccc3F)s2)CC1. The van der Waals surface area contributed by atoms with E-state index in [-0.39, 0.29) is 17.6 Å². The van der Waals surface area contributed by atoms with Gasteiger partial charge in [-0.15, -0.1) is 11.3 Å². The molecule has 0 aliphatic carbocycles. The van der Waals surface area contributed by atoms with Gasteiger partial charge in [0.1, 0.15) is 11.5 Å². The molecule has 3 heterocycles. The van der Waals surface area contributed by atoms with E-state index in [0.717, 1.165) is 4.88 Å². The second-order valence-electron chi connectivity index (χ2n) is 6.32. The summed E-state index contributed by atoms with van der Waals surface area (Å²) in [4.78, 5) is 37.8. The lowest BCUT2D eigenvalue weighted by Gasteiger charge is -2.34. The molecule has 2 aromatic heterocycles. The Morgan fingerprint density at radius 3 is 2.32 bits per heavy atom. The van der Waals surface area contributed by atoms with Crippen LogP contribution >= 0.6 is 11.3 Å². The standard InChI is InChI=1S/C20H17FN4O2S/c21-15-4-2-1-3-14(15)17-5-6-18(28-17)20(27)25-11-9-24(10-12-25)19(26)16-13-22-7-8-23-16/h1-8,13H,9-12H2. The van der Waals surface area contributed by atoms with Gasteiger partial charge < -0.3 is 9.80 Å². The summed E-state index contributed by atoms with van der Waals surface area (Å²) < 4.78 is 14.0. The van der Waals surface area contributed by atoms with E-state index in [2.05, 4.69) is 9.97 Å². The summed E-state index contributed by atoms with van der Waals surface area (Å²) in [6.07, 6.45) is 4.44. The molecule has 142 valence electrons. The third kappa shape index (κ3) is 3.63. The van der Waals surface area contributed by atoms with Gasteiger partial charge in [0.25, 0.3) is 11.8 Å². The van der Waals surface area contributed by atoms with Crippen molar-refractivity contribution < 1.29 is 14.0 Å². The van der Waals surface area contributed by atoms with E-state index in [4.69, 9.17) is 0 Å². The summed E-state index contributed by atoms with van der Waals surface area (Å²) in [6, 6.07) is 10.0. The Hall–Kier alpha value is -3.13. The molecule has 4 rings (SSSR count). The molecule has 8 heteroatoms. The molecule has 28 heavy (non-hydrogen) atoms. The molecule has 1 saturated heterocycles. The average molecular weight is 396 g/mol. The quantitative estimate of drug-likeness (QED) is 0.683. The first kappa shape index (κ1) is 18.2. The van der Waals surface area contributed by atoms with Crippen molar-refractivity contribution in [3.05, 3.63) is 71.4 Å². The molecule has 1 fully saturated rings. The predicted octanol–water partition coefficient (Wildman–Crippen LogP) is 2.94. The summed E-state index contributed by atoms with van der Waals surface area (Å²) in [5.74, 6) is -0.586. The predicted molar refractivity (Wildman–Crippen MR) is 104 cm³/mol. The van der Waals surface area contributed by atoms with Crippen molar-refractivity contribution in [3.8, 4) is 10.4 Å². The first-order valence-corrected chi connectivity index (χ1v) is 9.64. The molecule has 0 radical (unpaired) electrons. The van der Waals surface area contributed by atoms with Crippen LogP contribution in [0.15, 0.2) is 55.0 Å². The highest BCUT2D eigenvalue weighted by Crippen LogP contribution is 2.30. The molecule has 1 aromatic carbocycles. The molecule has 3 aromatic rings. The summed E-state index contributed by atoms with van der Waals surface area (Å²) >= 11 is 1.28. The van der Waals surface area contributed by atoms with Crippen molar-refractivity contribution in [2.45, 2.75) is 0 Å². The van der Waals surface area contributed by atoms with Gasteiger partial charge in [-0.05, 0) is 18.2 Å². The van der Waals surface area contributed by atoms with Crippen molar-refractivity contribution in [1.29, 1.82) is 0 Å². The van der Waals surface area contributed by atoms with Crippen LogP contribution in [0.25, 0.3) is 10.4 Å². The number of carbonyl (C=O) groups excluding carboxylic acids is 2. The maximum absolute atomic E-state index is 14.0. The molecule has 0 bridgehead atoms. The van der Waals surface area contributed by atoms with Gasteiger partial charge in [-0.25, -0.2) is 9.37 Å². The van der Waals surface area contributed by atoms with Crippen LogP contribution in [0.3, 0.4) is 0 Å². The van der Waals surface area contributed by atoms with E-state index in [1.165, 1.54) is 36.0 Å². The number of thiophene rings is 1. The highest BCUT2D eigenvalue weighted by atomic mass is 32.1. The molecule has 0 atom stereocenters. The van der Waals surface area contributed by atoms with Crippen molar-refractivity contribution in [2.75, 3.05) is 26.2 Å². The lowest BCUT2D eigenvalue weighted by atomic mass is 10.2. The smallest absolute Gasteiger partial charge is 0.274 e. The molecule has 0 unspecified atom stereocenters. The van der Waals surface area contributed by atoms with Gasteiger partial charge in [0.2, 0.25) is 0 Å². The highest BCUT2D eigenvalue weighted by Gasteiger charge is 2.27. The minimum atomic E-state index is -0.306. The molecule has 2 amide bonds. The molecule has 0 spiro atoms. The van der Waals surface area contributed by atoms with E-state index in [9.17, 15) is 14.0 Å². The van der Waals surface area contributed by atoms with Gasteiger partial charge in [0.05, 0.1) is 11.1 Å². The Morgan fingerprint density at radius 1 is 0.929 bits per heavy atom. The maximum Gasteiger partial charge on any atom is 0.274 e. The second kappa shape index (κ2) is 7.85. The summed E-state index contributed by atoms with van der Waals surface area (Å²) in [5.41, 5.74) is 0.793. The van der Waals surface area contributed by atoms with E-state index >= 15 is 0 Å². The number of amides is 2. The summed E-state index contributed by atoms with van der Waals surface area (Å²) in [5, 5.41) is 0. The van der Waals surface area contributed by atoms with Crippen molar-refractivity contribution >= 4 is 23.2 Å². The van der Waals surface area contributed by atoms with Crippen molar-refractivity contribution in [2.24, 2.45) is 0 Å². The van der Waals surface area contributed by atoms with Crippen LogP contribution in [-0.4, -0.2) is 57.8 Å². The third-order valence-corrected chi connectivity index (χ3v) is 5.70. The number of aromatic nitrogens is 2. The molecular formula is C20H17FN4O2S. The maximum atomic E-state index is 14.0. The highest BCUT2D eigenvalue weighted by molar-refractivity contribution is 7.17. The lowest BCUT2D eigenvalue weighted by Crippen LogP contribution is -2.50. The molecular weight excluding hydrogens is 379 g/mol. The number of hydrogen-bond acceptors (Lipinski definition) is 5. The number of halogens is 1. The van der Waals surface area contributed by atoms with Crippen LogP contribution < -0.4 is 0 Å². The van der Waals surface area contributed by atoms with Gasteiger partial charge in [-0.1, -0.05) is 18.2 Å². The number of benzene rings is 1. The van der Waals surface area contributed by atoms with E-state index in [0.29, 0.717) is 42.3 Å². The average Bonchev–Trinajstić information content (AvgIpc) is 3.24. The fraction of sp³-hybridized carbons (Fsp3) is 0.200. The monoisotopic (exact) mass is 396 g/mol. The zero-order valence-corrected chi connectivity index (χ0v) is 15.7. The molecule has 0 saturated carbocycles. The Labute approximate surface area is 165 Å². The van der Waals surface area contributed by atoms with Crippen LogP contribution in [0.5, 0.6) is 0 Å². The number of hydrogen-bond donors (Lipinski definition) is 0. The van der Waals surface area contributed by atoms with Crippen LogP contribution in [0.2, 0.25) is 0 Å². The third-order valence-electron chi connectivity index (χ3n) is 4.59. The zero-order valence-electron chi connectivity index (χ0n) is 14.9. The summed E-state index contributed by atoms with van der Waals surface area (Å²) in [6.45, 7) is 1.76. The normalized spacial score (nSPS) is 14.2. The lowest BCUT2D eigenvalue weighted by molar-refractivity contribution is 0.0534. The van der Waals surface area contributed by atoms with Gasteiger partial charge in [0, 0.05) is 49.0 Å². The Morgan fingerprint density at radius 2 is 1.64 bits per heavy atom. The summed E-state index contributed by atoms with van der Waals surface area (Å²) in [7, 11) is 0. The van der Waals surface area contributed by atoms with Crippen LogP contribution in [0.4, 0.5) is 4.39 Å². The van der Waals surface area contributed by atoms with Gasteiger partial charge in [-0.2, -0.15) is 0 Å². The van der Waals surface area contributed by atoms with Gasteiger partial charge in [-0.3, -0.25) is 14.6 Å². The van der Waals surface area contributed by atoms with E-state index < -0.39 is 0 Å². The zero-order chi connectivity index (χ0) is 19.5. The molecule has 1 aliphatic rings. The molecule has 6 nitrogen and oxygen atoms in total. The number of rotatable bonds is 3. The fourth-order valence-corrected chi connectivity index (χ4v) is 4.10. The largest absolute Gasteiger partial charge is 0.334 e.